The summed E-state index contributed by atoms with van der Waals surface area (Å²) in [5, 5.41) is 3.61. The van der Waals surface area contributed by atoms with Crippen LogP contribution in [0.5, 0.6) is 0 Å². The predicted octanol–water partition coefficient (Wildman–Crippen LogP) is 3.05. The molecule has 1 aliphatic rings. The fourth-order valence-electron chi connectivity index (χ4n) is 3.09. The number of nitrogens with one attached hydrogen (secondary N) is 1. The molecular weight excluding hydrogens is 362 g/mol. The Bertz CT molecular complexity index is 677. The molecule has 0 spiro atoms. The van der Waals surface area contributed by atoms with Crippen LogP contribution in [0, 0.1) is 5.92 Å². The predicted molar refractivity (Wildman–Crippen MR) is 111 cm³/mol. The van der Waals surface area contributed by atoms with Crippen molar-refractivity contribution in [3.05, 3.63) is 40.4 Å². The lowest BCUT2D eigenvalue weighted by atomic mass is 10.0. The monoisotopic (exact) mass is 391 g/mol. The van der Waals surface area contributed by atoms with Crippen molar-refractivity contribution in [1.29, 1.82) is 0 Å². The molecule has 1 aromatic rings. The van der Waals surface area contributed by atoms with Crippen molar-refractivity contribution in [2.24, 2.45) is 5.92 Å². The average Bonchev–Trinajstić information content (AvgIpc) is 2.62. The van der Waals surface area contributed by atoms with Gasteiger partial charge in [0.25, 0.3) is 0 Å². The molecule has 0 radical (unpaired) electrons. The zero-order valence-electron chi connectivity index (χ0n) is 16.7. The van der Waals surface area contributed by atoms with Crippen molar-refractivity contribution in [3.63, 3.8) is 0 Å². The zero-order chi connectivity index (χ0) is 20.0. The molecule has 27 heavy (non-hydrogen) atoms. The second-order valence-corrected chi connectivity index (χ2v) is 8.10. The molecule has 2 amide bonds. The summed E-state index contributed by atoms with van der Waals surface area (Å²) in [6.45, 7) is 9.03. The molecular formula is C21H30ClN3O2. The van der Waals surface area contributed by atoms with E-state index < -0.39 is 6.04 Å². The van der Waals surface area contributed by atoms with Crippen LogP contribution < -0.4 is 5.32 Å². The summed E-state index contributed by atoms with van der Waals surface area (Å²) in [6.07, 6.45) is 2.43. The van der Waals surface area contributed by atoms with Gasteiger partial charge in [0.1, 0.15) is 6.04 Å². The van der Waals surface area contributed by atoms with Gasteiger partial charge < -0.3 is 15.1 Å². The number of likely N-dealkylation sites (N-methyl/N-ethyl adjacent to an activating group) is 1. The number of benzene rings is 1. The van der Waals surface area contributed by atoms with Gasteiger partial charge in [-0.05, 0) is 50.1 Å². The van der Waals surface area contributed by atoms with Crippen LogP contribution in [0.25, 0.3) is 6.08 Å². The molecule has 0 unspecified atom stereocenters. The fraction of sp³-hybridized carbons (Fsp3) is 0.524. The van der Waals surface area contributed by atoms with Crippen molar-refractivity contribution in [2.75, 3.05) is 33.2 Å². The number of halogens is 1. The first kappa shape index (κ1) is 21.5. The number of amides is 2. The minimum Gasteiger partial charge on any atom is -0.341 e. The van der Waals surface area contributed by atoms with E-state index in [0.29, 0.717) is 36.0 Å². The Balaban J connectivity index is 2.06. The Morgan fingerprint density at radius 3 is 2.30 bits per heavy atom. The summed E-state index contributed by atoms with van der Waals surface area (Å²) >= 11 is 5.90. The van der Waals surface area contributed by atoms with Crippen LogP contribution in [0.4, 0.5) is 0 Å². The molecule has 0 bridgehead atoms. The Morgan fingerprint density at radius 2 is 1.74 bits per heavy atom. The number of rotatable bonds is 6. The molecule has 1 fully saturated rings. The summed E-state index contributed by atoms with van der Waals surface area (Å²) < 4.78 is 0. The molecule has 1 aromatic carbocycles. The van der Waals surface area contributed by atoms with E-state index >= 15 is 0 Å². The number of hydrogen-bond donors (Lipinski definition) is 1. The van der Waals surface area contributed by atoms with Crippen molar-refractivity contribution in [3.8, 4) is 0 Å². The van der Waals surface area contributed by atoms with Gasteiger partial charge in [-0.1, -0.05) is 37.6 Å². The normalized spacial score (nSPS) is 17.1. The summed E-state index contributed by atoms with van der Waals surface area (Å²) in [4.78, 5) is 29.7. The van der Waals surface area contributed by atoms with Gasteiger partial charge in [0.05, 0.1) is 0 Å². The second kappa shape index (κ2) is 9.90. The SMILES string of the molecule is C/C(=C\c1ccc(Cl)cc1)C(=O)N[C@H](CC(C)C)C(=O)N1CCN(C)CC1. The first-order valence-corrected chi connectivity index (χ1v) is 9.86. The lowest BCUT2D eigenvalue weighted by Gasteiger charge is -2.35. The first-order valence-electron chi connectivity index (χ1n) is 9.48. The molecule has 0 aromatic heterocycles. The van der Waals surface area contributed by atoms with Gasteiger partial charge in [-0.15, -0.1) is 0 Å². The first-order chi connectivity index (χ1) is 12.8. The maximum atomic E-state index is 13.0. The molecule has 0 aliphatic carbocycles. The van der Waals surface area contributed by atoms with E-state index in [1.54, 1.807) is 25.1 Å². The average molecular weight is 392 g/mol. The van der Waals surface area contributed by atoms with Crippen LogP contribution in [-0.4, -0.2) is 60.9 Å². The lowest BCUT2D eigenvalue weighted by molar-refractivity contribution is -0.137. The van der Waals surface area contributed by atoms with E-state index in [1.807, 2.05) is 17.0 Å². The molecule has 1 aliphatic heterocycles. The van der Waals surface area contributed by atoms with Crippen molar-refractivity contribution < 1.29 is 9.59 Å². The fourth-order valence-corrected chi connectivity index (χ4v) is 3.21. The molecule has 2 rings (SSSR count). The van der Waals surface area contributed by atoms with Gasteiger partial charge in [0, 0.05) is 36.8 Å². The van der Waals surface area contributed by atoms with E-state index in [1.165, 1.54) is 0 Å². The summed E-state index contributed by atoms with van der Waals surface area (Å²) in [5.74, 6) is 0.120. The van der Waals surface area contributed by atoms with Crippen molar-refractivity contribution >= 4 is 29.5 Å². The van der Waals surface area contributed by atoms with Crippen LogP contribution in [0.2, 0.25) is 5.02 Å². The minimum atomic E-state index is -0.491. The van der Waals surface area contributed by atoms with Crippen molar-refractivity contribution in [2.45, 2.75) is 33.2 Å². The largest absolute Gasteiger partial charge is 0.341 e. The smallest absolute Gasteiger partial charge is 0.247 e. The van der Waals surface area contributed by atoms with Crippen LogP contribution in [0.1, 0.15) is 32.8 Å². The maximum absolute atomic E-state index is 13.0. The number of piperazine rings is 1. The molecule has 1 atom stereocenters. The van der Waals surface area contributed by atoms with Gasteiger partial charge in [0.15, 0.2) is 0 Å². The molecule has 1 heterocycles. The highest BCUT2D eigenvalue weighted by Gasteiger charge is 2.28. The summed E-state index contributed by atoms with van der Waals surface area (Å²) in [6, 6.07) is 6.81. The molecule has 148 valence electrons. The van der Waals surface area contributed by atoms with Crippen molar-refractivity contribution in [1.82, 2.24) is 15.1 Å². The van der Waals surface area contributed by atoms with Crippen LogP contribution in [0.15, 0.2) is 29.8 Å². The number of hydrogen-bond acceptors (Lipinski definition) is 3. The summed E-state index contributed by atoms with van der Waals surface area (Å²) in [7, 11) is 2.06. The van der Waals surface area contributed by atoms with Crippen LogP contribution >= 0.6 is 11.6 Å². The van der Waals surface area contributed by atoms with E-state index in [9.17, 15) is 9.59 Å². The Labute approximate surface area is 167 Å². The standard InChI is InChI=1S/C21H30ClN3O2/c1-15(2)13-19(21(27)25-11-9-24(4)10-12-25)23-20(26)16(3)14-17-5-7-18(22)8-6-17/h5-8,14-15,19H,9-13H2,1-4H3,(H,23,26)/b16-14+/t19-/m1/s1. The molecule has 6 heteroatoms. The molecule has 1 saturated heterocycles. The Morgan fingerprint density at radius 1 is 1.15 bits per heavy atom. The molecule has 0 saturated carbocycles. The third-order valence-corrected chi connectivity index (χ3v) is 4.99. The molecule has 1 N–H and O–H groups in total. The summed E-state index contributed by atoms with van der Waals surface area (Å²) in [5.41, 5.74) is 1.47. The Hall–Kier alpha value is -1.85. The quantitative estimate of drug-likeness (QED) is 0.758. The number of carbonyl (C=O) groups excluding carboxylic acids is 2. The van der Waals surface area contributed by atoms with Gasteiger partial charge in [-0.2, -0.15) is 0 Å². The third-order valence-electron chi connectivity index (χ3n) is 4.74. The van der Waals surface area contributed by atoms with Crippen LogP contribution in [-0.2, 0) is 9.59 Å². The Kier molecular flexibility index (Phi) is 7.87. The van der Waals surface area contributed by atoms with E-state index in [0.717, 1.165) is 18.7 Å². The highest BCUT2D eigenvalue weighted by Crippen LogP contribution is 2.14. The van der Waals surface area contributed by atoms with E-state index in [4.69, 9.17) is 11.6 Å². The number of carbonyl (C=O) groups is 2. The maximum Gasteiger partial charge on any atom is 0.247 e. The van der Waals surface area contributed by atoms with Crippen LogP contribution in [0.3, 0.4) is 0 Å². The van der Waals surface area contributed by atoms with Gasteiger partial charge in [-0.3, -0.25) is 9.59 Å². The van der Waals surface area contributed by atoms with E-state index in [2.05, 4.69) is 31.1 Å². The van der Waals surface area contributed by atoms with Gasteiger partial charge >= 0.3 is 0 Å². The van der Waals surface area contributed by atoms with Gasteiger partial charge in [0.2, 0.25) is 11.8 Å². The topological polar surface area (TPSA) is 52.7 Å². The highest BCUT2D eigenvalue weighted by molar-refractivity contribution is 6.30. The van der Waals surface area contributed by atoms with Gasteiger partial charge in [-0.25, -0.2) is 0 Å². The molecule has 5 nitrogen and oxygen atoms in total. The van der Waals surface area contributed by atoms with E-state index in [-0.39, 0.29) is 11.8 Å². The highest BCUT2D eigenvalue weighted by atomic mass is 35.5. The lowest BCUT2D eigenvalue weighted by Crippen LogP contribution is -2.54. The third kappa shape index (κ3) is 6.67. The number of nitrogens with zero attached hydrogens (tertiary/aromatic N) is 2. The minimum absolute atomic E-state index is 0.0180. The second-order valence-electron chi connectivity index (χ2n) is 7.66. The zero-order valence-corrected chi connectivity index (χ0v) is 17.4.